The Balaban J connectivity index is 1.78. The third-order valence-corrected chi connectivity index (χ3v) is 4.44. The monoisotopic (exact) mass is 376 g/mol. The first-order valence-corrected chi connectivity index (χ1v) is 9.07. The van der Waals surface area contributed by atoms with Crippen molar-refractivity contribution in [3.05, 3.63) is 76.7 Å². The van der Waals surface area contributed by atoms with Gasteiger partial charge in [0.1, 0.15) is 23.1 Å². The van der Waals surface area contributed by atoms with Gasteiger partial charge in [0.25, 0.3) is 5.91 Å². The molecule has 0 aliphatic heterocycles. The Bertz CT molecular complexity index is 981. The molecule has 6 heteroatoms. The third-order valence-electron chi connectivity index (χ3n) is 4.44. The van der Waals surface area contributed by atoms with E-state index in [-0.39, 0.29) is 5.91 Å². The lowest BCUT2D eigenvalue weighted by atomic mass is 10.1. The lowest BCUT2D eigenvalue weighted by molar-refractivity contribution is 0.102. The highest BCUT2D eigenvalue weighted by atomic mass is 16.5. The van der Waals surface area contributed by atoms with Crippen molar-refractivity contribution >= 4 is 17.4 Å². The van der Waals surface area contributed by atoms with Crippen molar-refractivity contribution in [3.63, 3.8) is 0 Å². The van der Waals surface area contributed by atoms with Gasteiger partial charge in [0.2, 0.25) is 0 Å². The fourth-order valence-corrected chi connectivity index (χ4v) is 3.00. The Hall–Kier alpha value is -3.41. The van der Waals surface area contributed by atoms with Gasteiger partial charge in [-0.1, -0.05) is 36.4 Å². The van der Waals surface area contributed by atoms with Crippen molar-refractivity contribution in [1.82, 2.24) is 9.97 Å². The highest BCUT2D eigenvalue weighted by molar-refractivity contribution is 6.04. The molecule has 144 valence electrons. The van der Waals surface area contributed by atoms with Gasteiger partial charge in [-0.3, -0.25) is 4.79 Å². The Labute approximate surface area is 165 Å². The van der Waals surface area contributed by atoms with Gasteiger partial charge in [-0.05, 0) is 38.0 Å². The zero-order chi connectivity index (χ0) is 20.1. The fourth-order valence-electron chi connectivity index (χ4n) is 3.00. The molecule has 28 heavy (non-hydrogen) atoms. The maximum Gasteiger partial charge on any atom is 0.274 e. The number of anilines is 2. The van der Waals surface area contributed by atoms with Crippen LogP contribution in [-0.4, -0.2) is 23.0 Å². The molecule has 0 radical (unpaired) electrons. The summed E-state index contributed by atoms with van der Waals surface area (Å²) in [6.07, 6.45) is 0. The van der Waals surface area contributed by atoms with Gasteiger partial charge < -0.3 is 15.4 Å². The van der Waals surface area contributed by atoms with Crippen LogP contribution in [0.5, 0.6) is 5.75 Å². The van der Waals surface area contributed by atoms with E-state index in [1.807, 2.05) is 56.3 Å². The van der Waals surface area contributed by atoms with Crippen LogP contribution in [0.2, 0.25) is 0 Å². The van der Waals surface area contributed by atoms with Crippen LogP contribution in [0, 0.1) is 20.8 Å². The van der Waals surface area contributed by atoms with E-state index in [4.69, 9.17) is 4.74 Å². The summed E-state index contributed by atoms with van der Waals surface area (Å²) >= 11 is 0. The fraction of sp³-hybridized carbons (Fsp3) is 0.227. The molecule has 6 nitrogen and oxygen atoms in total. The Morgan fingerprint density at radius 3 is 2.43 bits per heavy atom. The molecule has 3 aromatic rings. The topological polar surface area (TPSA) is 76.1 Å². The van der Waals surface area contributed by atoms with E-state index >= 15 is 0 Å². The summed E-state index contributed by atoms with van der Waals surface area (Å²) in [6.45, 7) is 6.23. The van der Waals surface area contributed by atoms with Crippen LogP contribution in [0.3, 0.4) is 0 Å². The Morgan fingerprint density at radius 2 is 1.71 bits per heavy atom. The zero-order valence-corrected chi connectivity index (χ0v) is 16.5. The van der Waals surface area contributed by atoms with Crippen LogP contribution in [0.25, 0.3) is 0 Å². The van der Waals surface area contributed by atoms with Gasteiger partial charge in [0, 0.05) is 23.9 Å². The molecule has 0 fully saturated rings. The van der Waals surface area contributed by atoms with Gasteiger partial charge in [-0.15, -0.1) is 0 Å². The number of nitrogens with zero attached hydrogens (tertiary/aromatic N) is 2. The Morgan fingerprint density at radius 1 is 1.00 bits per heavy atom. The van der Waals surface area contributed by atoms with E-state index in [0.29, 0.717) is 23.9 Å². The number of carbonyl (C=O) groups is 1. The first-order valence-electron chi connectivity index (χ1n) is 9.07. The molecular formula is C22H24N4O2. The summed E-state index contributed by atoms with van der Waals surface area (Å²) in [7, 11) is 1.64. The maximum atomic E-state index is 12.7. The van der Waals surface area contributed by atoms with Gasteiger partial charge in [-0.25, -0.2) is 9.97 Å². The van der Waals surface area contributed by atoms with Crippen molar-refractivity contribution in [1.29, 1.82) is 0 Å². The predicted octanol–water partition coefficient (Wildman–Crippen LogP) is 4.27. The van der Waals surface area contributed by atoms with Crippen LogP contribution in [0.4, 0.5) is 11.5 Å². The second-order valence-electron chi connectivity index (χ2n) is 6.57. The second kappa shape index (κ2) is 8.52. The van der Waals surface area contributed by atoms with Gasteiger partial charge in [0.15, 0.2) is 0 Å². The molecule has 1 heterocycles. The van der Waals surface area contributed by atoms with E-state index < -0.39 is 0 Å². The molecule has 1 aromatic heterocycles. The smallest absolute Gasteiger partial charge is 0.274 e. The second-order valence-corrected chi connectivity index (χ2v) is 6.57. The molecule has 0 unspecified atom stereocenters. The minimum atomic E-state index is -0.261. The molecule has 1 amide bonds. The number of benzene rings is 2. The van der Waals surface area contributed by atoms with E-state index in [1.165, 1.54) is 0 Å². The molecule has 0 saturated carbocycles. The molecule has 0 aliphatic carbocycles. The van der Waals surface area contributed by atoms with Crippen LogP contribution in [0.1, 0.15) is 33.0 Å². The van der Waals surface area contributed by atoms with Crippen LogP contribution in [-0.2, 0) is 6.54 Å². The lowest BCUT2D eigenvalue weighted by Crippen LogP contribution is -2.17. The molecule has 0 aliphatic rings. The highest BCUT2D eigenvalue weighted by Gasteiger charge is 2.13. The normalized spacial score (nSPS) is 10.4. The number of ether oxygens (including phenoxy) is 1. The van der Waals surface area contributed by atoms with Gasteiger partial charge >= 0.3 is 0 Å². The number of rotatable bonds is 6. The van der Waals surface area contributed by atoms with Crippen LogP contribution >= 0.6 is 0 Å². The molecule has 0 saturated heterocycles. The van der Waals surface area contributed by atoms with Crippen molar-refractivity contribution in [2.24, 2.45) is 0 Å². The molecule has 3 rings (SSSR count). The molecule has 2 N–H and O–H groups in total. The highest BCUT2D eigenvalue weighted by Crippen LogP contribution is 2.21. The molecular weight excluding hydrogens is 352 g/mol. The average Bonchev–Trinajstić information content (AvgIpc) is 2.69. The Kier molecular flexibility index (Phi) is 5.89. The van der Waals surface area contributed by atoms with Crippen molar-refractivity contribution in [2.75, 3.05) is 17.7 Å². The molecule has 0 bridgehead atoms. The van der Waals surface area contributed by atoms with Crippen LogP contribution < -0.4 is 15.4 Å². The number of hydrogen-bond donors (Lipinski definition) is 2. The number of para-hydroxylation sites is 2. The minimum Gasteiger partial charge on any atom is -0.496 e. The average molecular weight is 376 g/mol. The number of methoxy groups -OCH3 is 1. The predicted molar refractivity (Wildman–Crippen MR) is 111 cm³/mol. The lowest BCUT2D eigenvalue weighted by Gasteiger charge is -2.13. The SMILES string of the molecule is COc1ccccc1CNc1cc(C(=O)Nc2c(C)cccc2C)nc(C)n1. The largest absolute Gasteiger partial charge is 0.496 e. The molecule has 0 atom stereocenters. The molecule has 2 aromatic carbocycles. The number of nitrogens with one attached hydrogen (secondary N) is 2. The number of aromatic nitrogens is 2. The van der Waals surface area contributed by atoms with E-state index in [2.05, 4.69) is 20.6 Å². The van der Waals surface area contributed by atoms with Crippen molar-refractivity contribution in [2.45, 2.75) is 27.3 Å². The minimum absolute atomic E-state index is 0.261. The summed E-state index contributed by atoms with van der Waals surface area (Å²) in [6, 6.07) is 15.3. The van der Waals surface area contributed by atoms with Crippen molar-refractivity contribution in [3.8, 4) is 5.75 Å². The summed E-state index contributed by atoms with van der Waals surface area (Å²) in [5.41, 5.74) is 4.15. The van der Waals surface area contributed by atoms with Crippen molar-refractivity contribution < 1.29 is 9.53 Å². The molecule has 0 spiro atoms. The standard InChI is InChI=1S/C22H24N4O2/c1-14-8-7-9-15(2)21(14)26-22(27)18-12-20(25-16(3)24-18)23-13-17-10-5-6-11-19(17)28-4/h5-12H,13H2,1-4H3,(H,26,27)(H,23,24,25). The van der Waals surface area contributed by atoms with E-state index in [9.17, 15) is 4.79 Å². The first-order chi connectivity index (χ1) is 13.5. The summed E-state index contributed by atoms with van der Waals surface area (Å²) in [4.78, 5) is 21.4. The number of aryl methyl sites for hydroxylation is 3. The quantitative estimate of drug-likeness (QED) is 0.672. The van der Waals surface area contributed by atoms with Gasteiger partial charge in [0.05, 0.1) is 7.11 Å². The summed E-state index contributed by atoms with van der Waals surface area (Å²) < 4.78 is 5.37. The van der Waals surface area contributed by atoms with Crippen LogP contribution in [0.15, 0.2) is 48.5 Å². The zero-order valence-electron chi connectivity index (χ0n) is 16.5. The number of amides is 1. The van der Waals surface area contributed by atoms with E-state index in [0.717, 1.165) is 28.1 Å². The maximum absolute atomic E-state index is 12.7. The third kappa shape index (κ3) is 4.46. The number of hydrogen-bond acceptors (Lipinski definition) is 5. The summed E-state index contributed by atoms with van der Waals surface area (Å²) in [5.74, 6) is 1.65. The first kappa shape index (κ1) is 19.4. The number of carbonyl (C=O) groups excluding carboxylic acids is 1. The van der Waals surface area contributed by atoms with Gasteiger partial charge in [-0.2, -0.15) is 0 Å². The summed E-state index contributed by atoms with van der Waals surface area (Å²) in [5, 5.41) is 6.21. The van der Waals surface area contributed by atoms with E-state index in [1.54, 1.807) is 20.1 Å².